The SMILES string of the molecule is CCN(CC)C(=O)NC(C)(C)c1ccc(OC)c(OC)c1. The first-order valence-corrected chi connectivity index (χ1v) is 7.19. The van der Waals surface area contributed by atoms with Crippen LogP contribution in [0.5, 0.6) is 11.5 Å². The molecule has 2 amide bonds. The van der Waals surface area contributed by atoms with E-state index < -0.39 is 5.54 Å². The Bertz CT molecular complexity index is 482. The molecule has 1 aromatic carbocycles. The highest BCUT2D eigenvalue weighted by Crippen LogP contribution is 2.32. The highest BCUT2D eigenvalue weighted by molar-refractivity contribution is 5.75. The number of ether oxygens (including phenoxy) is 2. The number of nitrogens with one attached hydrogen (secondary N) is 1. The molecule has 1 aromatic rings. The molecule has 0 atom stereocenters. The highest BCUT2D eigenvalue weighted by Gasteiger charge is 2.25. The maximum atomic E-state index is 12.2. The number of carbonyl (C=O) groups excluding carboxylic acids is 1. The molecule has 0 aromatic heterocycles. The molecular formula is C16H26N2O3. The molecular weight excluding hydrogens is 268 g/mol. The van der Waals surface area contributed by atoms with Gasteiger partial charge in [-0.25, -0.2) is 4.79 Å². The smallest absolute Gasteiger partial charge is 0.318 e. The van der Waals surface area contributed by atoms with Crippen molar-refractivity contribution in [2.75, 3.05) is 27.3 Å². The van der Waals surface area contributed by atoms with Gasteiger partial charge in [0, 0.05) is 13.1 Å². The molecule has 0 fully saturated rings. The van der Waals surface area contributed by atoms with Gasteiger partial charge in [-0.2, -0.15) is 0 Å². The van der Waals surface area contributed by atoms with E-state index in [0.29, 0.717) is 24.6 Å². The molecule has 0 spiro atoms. The van der Waals surface area contributed by atoms with Gasteiger partial charge in [0.25, 0.3) is 0 Å². The molecule has 21 heavy (non-hydrogen) atoms. The van der Waals surface area contributed by atoms with Gasteiger partial charge in [0.2, 0.25) is 0 Å². The Labute approximate surface area is 127 Å². The molecule has 1 N–H and O–H groups in total. The molecule has 118 valence electrons. The largest absolute Gasteiger partial charge is 0.493 e. The summed E-state index contributed by atoms with van der Waals surface area (Å²) in [6, 6.07) is 5.60. The summed E-state index contributed by atoms with van der Waals surface area (Å²) in [4.78, 5) is 14.0. The van der Waals surface area contributed by atoms with Crippen molar-refractivity contribution < 1.29 is 14.3 Å². The van der Waals surface area contributed by atoms with Crippen LogP contribution in [0.15, 0.2) is 18.2 Å². The average Bonchev–Trinajstić information content (AvgIpc) is 2.47. The zero-order valence-electron chi connectivity index (χ0n) is 13.8. The van der Waals surface area contributed by atoms with Crippen molar-refractivity contribution in [2.24, 2.45) is 0 Å². The Morgan fingerprint density at radius 1 is 1.14 bits per heavy atom. The number of hydrogen-bond donors (Lipinski definition) is 1. The lowest BCUT2D eigenvalue weighted by Gasteiger charge is -2.31. The lowest BCUT2D eigenvalue weighted by atomic mass is 9.94. The fourth-order valence-corrected chi connectivity index (χ4v) is 2.15. The van der Waals surface area contributed by atoms with Crippen LogP contribution >= 0.6 is 0 Å². The van der Waals surface area contributed by atoms with E-state index in [9.17, 15) is 4.79 Å². The molecule has 0 saturated carbocycles. The zero-order chi connectivity index (χ0) is 16.0. The Balaban J connectivity index is 2.99. The number of nitrogens with zero attached hydrogens (tertiary/aromatic N) is 1. The summed E-state index contributed by atoms with van der Waals surface area (Å²) in [5.41, 5.74) is 0.458. The molecule has 5 nitrogen and oxygen atoms in total. The molecule has 1 rings (SSSR count). The summed E-state index contributed by atoms with van der Waals surface area (Å²) in [5, 5.41) is 3.05. The molecule has 0 radical (unpaired) electrons. The molecule has 0 saturated heterocycles. The molecule has 0 aliphatic rings. The third-order valence-corrected chi connectivity index (χ3v) is 3.58. The molecule has 0 unspecified atom stereocenters. The van der Waals surface area contributed by atoms with Gasteiger partial charge in [0.15, 0.2) is 11.5 Å². The predicted octanol–water partition coefficient (Wildman–Crippen LogP) is 2.99. The van der Waals surface area contributed by atoms with E-state index in [1.807, 2.05) is 45.9 Å². The van der Waals surface area contributed by atoms with Gasteiger partial charge >= 0.3 is 6.03 Å². The Hall–Kier alpha value is -1.91. The second-order valence-corrected chi connectivity index (χ2v) is 5.30. The monoisotopic (exact) mass is 294 g/mol. The van der Waals surface area contributed by atoms with Gasteiger partial charge in [-0.15, -0.1) is 0 Å². The first-order chi connectivity index (χ1) is 9.89. The third kappa shape index (κ3) is 4.03. The van der Waals surface area contributed by atoms with Crippen molar-refractivity contribution >= 4 is 6.03 Å². The number of methoxy groups -OCH3 is 2. The number of urea groups is 1. The Morgan fingerprint density at radius 3 is 2.19 bits per heavy atom. The summed E-state index contributed by atoms with van der Waals surface area (Å²) in [6.45, 7) is 9.24. The van der Waals surface area contributed by atoms with Crippen LogP contribution in [0.25, 0.3) is 0 Å². The number of rotatable bonds is 6. The van der Waals surface area contributed by atoms with E-state index in [-0.39, 0.29) is 6.03 Å². The maximum absolute atomic E-state index is 12.2. The summed E-state index contributed by atoms with van der Waals surface area (Å²) < 4.78 is 10.6. The first-order valence-electron chi connectivity index (χ1n) is 7.19. The van der Waals surface area contributed by atoms with Gasteiger partial charge < -0.3 is 19.7 Å². The van der Waals surface area contributed by atoms with Crippen LogP contribution in [-0.2, 0) is 5.54 Å². The van der Waals surface area contributed by atoms with Crippen LogP contribution in [0.1, 0.15) is 33.3 Å². The van der Waals surface area contributed by atoms with Crippen LogP contribution in [0.4, 0.5) is 4.79 Å². The fourth-order valence-electron chi connectivity index (χ4n) is 2.15. The van der Waals surface area contributed by atoms with Crippen LogP contribution in [0, 0.1) is 0 Å². The predicted molar refractivity (Wildman–Crippen MR) is 84.0 cm³/mol. The van der Waals surface area contributed by atoms with Crippen molar-refractivity contribution in [3.63, 3.8) is 0 Å². The van der Waals surface area contributed by atoms with Crippen LogP contribution in [0.2, 0.25) is 0 Å². The van der Waals surface area contributed by atoms with Crippen LogP contribution in [-0.4, -0.2) is 38.2 Å². The van der Waals surface area contributed by atoms with E-state index in [1.54, 1.807) is 19.1 Å². The van der Waals surface area contributed by atoms with E-state index in [2.05, 4.69) is 5.32 Å². The molecule has 0 aliphatic heterocycles. The highest BCUT2D eigenvalue weighted by atomic mass is 16.5. The lowest BCUT2D eigenvalue weighted by Crippen LogP contribution is -2.48. The number of benzene rings is 1. The maximum Gasteiger partial charge on any atom is 0.318 e. The average molecular weight is 294 g/mol. The number of carbonyl (C=O) groups is 1. The topological polar surface area (TPSA) is 50.8 Å². The van der Waals surface area contributed by atoms with Gasteiger partial charge in [0.05, 0.1) is 19.8 Å². The molecule has 0 aliphatic carbocycles. The summed E-state index contributed by atoms with van der Waals surface area (Å²) in [6.07, 6.45) is 0. The number of amides is 2. The summed E-state index contributed by atoms with van der Waals surface area (Å²) in [5.74, 6) is 1.33. The van der Waals surface area contributed by atoms with Crippen molar-refractivity contribution in [1.29, 1.82) is 0 Å². The van der Waals surface area contributed by atoms with Crippen LogP contribution < -0.4 is 14.8 Å². The standard InChI is InChI=1S/C16H26N2O3/c1-7-18(8-2)15(19)17-16(3,4)12-9-10-13(20-5)14(11-12)21-6/h9-11H,7-8H2,1-6H3,(H,17,19). The normalized spacial score (nSPS) is 11.0. The minimum atomic E-state index is -0.501. The van der Waals surface area contributed by atoms with Crippen molar-refractivity contribution in [2.45, 2.75) is 33.2 Å². The second-order valence-electron chi connectivity index (χ2n) is 5.30. The number of hydrogen-bond acceptors (Lipinski definition) is 3. The van der Waals surface area contributed by atoms with Crippen molar-refractivity contribution in [3.05, 3.63) is 23.8 Å². The fraction of sp³-hybridized carbons (Fsp3) is 0.562. The minimum absolute atomic E-state index is 0.0696. The van der Waals surface area contributed by atoms with E-state index >= 15 is 0 Å². The van der Waals surface area contributed by atoms with Gasteiger partial charge in [-0.1, -0.05) is 6.07 Å². The quantitative estimate of drug-likeness (QED) is 0.877. The van der Waals surface area contributed by atoms with Gasteiger partial charge in [0.1, 0.15) is 0 Å². The van der Waals surface area contributed by atoms with Crippen molar-refractivity contribution in [3.8, 4) is 11.5 Å². The second kappa shape index (κ2) is 7.20. The zero-order valence-corrected chi connectivity index (χ0v) is 13.8. The van der Waals surface area contributed by atoms with Gasteiger partial charge in [-0.3, -0.25) is 0 Å². The minimum Gasteiger partial charge on any atom is -0.493 e. The lowest BCUT2D eigenvalue weighted by molar-refractivity contribution is 0.192. The Kier molecular flexibility index (Phi) is 5.88. The molecule has 0 bridgehead atoms. The van der Waals surface area contributed by atoms with Crippen molar-refractivity contribution in [1.82, 2.24) is 10.2 Å². The van der Waals surface area contributed by atoms with E-state index in [1.165, 1.54) is 0 Å². The summed E-state index contributed by atoms with van der Waals surface area (Å²) >= 11 is 0. The third-order valence-electron chi connectivity index (χ3n) is 3.58. The molecule has 5 heteroatoms. The van der Waals surface area contributed by atoms with Gasteiger partial charge in [-0.05, 0) is 45.4 Å². The molecule has 0 heterocycles. The van der Waals surface area contributed by atoms with E-state index in [0.717, 1.165) is 5.56 Å². The van der Waals surface area contributed by atoms with E-state index in [4.69, 9.17) is 9.47 Å². The summed E-state index contributed by atoms with van der Waals surface area (Å²) in [7, 11) is 3.20. The van der Waals surface area contributed by atoms with Crippen LogP contribution in [0.3, 0.4) is 0 Å². The first kappa shape index (κ1) is 17.1. The Morgan fingerprint density at radius 2 is 1.71 bits per heavy atom.